The van der Waals surface area contributed by atoms with Crippen molar-refractivity contribution in [2.45, 2.75) is 18.4 Å². The van der Waals surface area contributed by atoms with E-state index in [4.69, 9.17) is 6.42 Å². The van der Waals surface area contributed by atoms with Gasteiger partial charge in [0, 0.05) is 6.54 Å². The van der Waals surface area contributed by atoms with Gasteiger partial charge in [-0.2, -0.15) is 0 Å². The molecule has 0 atom stereocenters. The summed E-state index contributed by atoms with van der Waals surface area (Å²) in [6, 6.07) is 6.06. The molecule has 0 bridgehead atoms. The van der Waals surface area contributed by atoms with Crippen molar-refractivity contribution in [2.24, 2.45) is 0 Å². The molecule has 0 radical (unpaired) electrons. The number of rotatable bonds is 5. The van der Waals surface area contributed by atoms with Gasteiger partial charge < -0.3 is 10.6 Å². The fourth-order valence-corrected chi connectivity index (χ4v) is 2.24. The van der Waals surface area contributed by atoms with E-state index in [-0.39, 0.29) is 23.2 Å². The van der Waals surface area contributed by atoms with E-state index < -0.39 is 9.84 Å². The molecule has 1 aromatic rings. The molecule has 0 aliphatic carbocycles. The summed E-state index contributed by atoms with van der Waals surface area (Å²) in [6.45, 7) is 2.07. The van der Waals surface area contributed by atoms with Gasteiger partial charge in [0.25, 0.3) is 0 Å². The molecule has 102 valence electrons. The summed E-state index contributed by atoms with van der Waals surface area (Å²) >= 11 is 0. The predicted molar refractivity (Wildman–Crippen MR) is 73.2 cm³/mol. The van der Waals surface area contributed by atoms with Crippen LogP contribution in [0, 0.1) is 12.3 Å². The van der Waals surface area contributed by atoms with E-state index in [1.54, 1.807) is 19.1 Å². The minimum atomic E-state index is -3.18. The second-order valence-electron chi connectivity index (χ2n) is 3.79. The van der Waals surface area contributed by atoms with Gasteiger partial charge in [0.1, 0.15) is 0 Å². The minimum Gasteiger partial charge on any atom is -0.334 e. The van der Waals surface area contributed by atoms with Crippen molar-refractivity contribution in [3.05, 3.63) is 29.8 Å². The van der Waals surface area contributed by atoms with Crippen molar-refractivity contribution in [3.63, 3.8) is 0 Å². The lowest BCUT2D eigenvalue weighted by atomic mass is 10.2. The van der Waals surface area contributed by atoms with Crippen LogP contribution < -0.4 is 10.6 Å². The van der Waals surface area contributed by atoms with Gasteiger partial charge in [-0.15, -0.1) is 6.42 Å². The molecule has 1 rings (SSSR count). The van der Waals surface area contributed by atoms with Gasteiger partial charge in [-0.3, -0.25) is 0 Å². The van der Waals surface area contributed by atoms with Crippen LogP contribution in [-0.2, 0) is 16.4 Å². The lowest BCUT2D eigenvalue weighted by Crippen LogP contribution is -2.35. The monoisotopic (exact) mass is 280 g/mol. The van der Waals surface area contributed by atoms with Gasteiger partial charge in [-0.25, -0.2) is 13.2 Å². The Bertz CT molecular complexity index is 571. The Kier molecular flexibility index (Phi) is 5.39. The number of hydrogen-bond donors (Lipinski definition) is 2. The van der Waals surface area contributed by atoms with Crippen LogP contribution in [-0.4, -0.2) is 26.7 Å². The third kappa shape index (κ3) is 4.64. The normalized spacial score (nSPS) is 10.5. The number of carbonyl (C=O) groups excluding carboxylic acids is 1. The number of amides is 2. The van der Waals surface area contributed by atoms with Crippen LogP contribution in [0.5, 0.6) is 0 Å². The fourth-order valence-electron chi connectivity index (χ4n) is 1.36. The Morgan fingerprint density at radius 3 is 2.42 bits per heavy atom. The van der Waals surface area contributed by atoms with E-state index in [9.17, 15) is 13.2 Å². The number of sulfone groups is 1. The van der Waals surface area contributed by atoms with Gasteiger partial charge in [-0.05, 0) is 17.7 Å². The molecular weight excluding hydrogens is 264 g/mol. The summed E-state index contributed by atoms with van der Waals surface area (Å²) in [5.74, 6) is 2.36. The Balaban J connectivity index is 2.59. The quantitative estimate of drug-likeness (QED) is 0.787. The molecule has 0 heterocycles. The van der Waals surface area contributed by atoms with Crippen LogP contribution in [0.4, 0.5) is 4.79 Å². The van der Waals surface area contributed by atoms with E-state index in [2.05, 4.69) is 16.6 Å². The number of carbonyl (C=O) groups is 1. The topological polar surface area (TPSA) is 75.3 Å². The Labute approximate surface area is 113 Å². The molecule has 0 spiro atoms. The largest absolute Gasteiger partial charge is 0.334 e. The Morgan fingerprint density at radius 2 is 1.89 bits per heavy atom. The zero-order chi connectivity index (χ0) is 14.3. The second-order valence-corrected chi connectivity index (χ2v) is 6.07. The molecule has 0 aromatic heterocycles. The smallest absolute Gasteiger partial charge is 0.315 e. The van der Waals surface area contributed by atoms with E-state index in [1.165, 1.54) is 12.1 Å². The van der Waals surface area contributed by atoms with E-state index in [0.717, 1.165) is 5.56 Å². The average molecular weight is 280 g/mol. The van der Waals surface area contributed by atoms with Crippen molar-refractivity contribution in [3.8, 4) is 12.3 Å². The summed E-state index contributed by atoms with van der Waals surface area (Å²) in [6.07, 6.45) is 5.01. The van der Waals surface area contributed by atoms with Crippen LogP contribution in [0.25, 0.3) is 0 Å². The molecule has 1 aromatic carbocycles. The van der Waals surface area contributed by atoms with Gasteiger partial charge >= 0.3 is 6.03 Å². The highest BCUT2D eigenvalue weighted by Crippen LogP contribution is 2.12. The Morgan fingerprint density at radius 1 is 1.26 bits per heavy atom. The lowest BCUT2D eigenvalue weighted by Gasteiger charge is -2.06. The van der Waals surface area contributed by atoms with Crippen molar-refractivity contribution in [1.29, 1.82) is 0 Å². The molecule has 2 amide bonds. The SMILES string of the molecule is C#CCNC(=O)NCc1ccc(S(=O)(=O)CC)cc1. The van der Waals surface area contributed by atoms with Crippen LogP contribution in [0.15, 0.2) is 29.2 Å². The molecule has 0 saturated carbocycles. The first-order chi connectivity index (χ1) is 8.99. The maximum atomic E-state index is 11.6. The predicted octanol–water partition coefficient (Wildman–Crippen LogP) is 0.913. The molecule has 19 heavy (non-hydrogen) atoms. The van der Waals surface area contributed by atoms with Crippen molar-refractivity contribution in [2.75, 3.05) is 12.3 Å². The molecule has 5 nitrogen and oxygen atoms in total. The average Bonchev–Trinajstić information content (AvgIpc) is 2.43. The van der Waals surface area contributed by atoms with E-state index in [1.807, 2.05) is 0 Å². The first kappa shape index (κ1) is 15.1. The molecule has 0 fully saturated rings. The third-order valence-corrected chi connectivity index (χ3v) is 4.22. The lowest BCUT2D eigenvalue weighted by molar-refractivity contribution is 0.241. The summed E-state index contributed by atoms with van der Waals surface area (Å²) in [5.41, 5.74) is 0.811. The zero-order valence-corrected chi connectivity index (χ0v) is 11.5. The number of benzene rings is 1. The first-order valence-electron chi connectivity index (χ1n) is 5.76. The molecule has 2 N–H and O–H groups in total. The van der Waals surface area contributed by atoms with Gasteiger partial charge in [0.15, 0.2) is 9.84 Å². The van der Waals surface area contributed by atoms with Gasteiger partial charge in [-0.1, -0.05) is 25.0 Å². The van der Waals surface area contributed by atoms with E-state index in [0.29, 0.717) is 6.54 Å². The number of hydrogen-bond acceptors (Lipinski definition) is 3. The molecule has 6 heteroatoms. The summed E-state index contributed by atoms with van der Waals surface area (Å²) in [4.78, 5) is 11.5. The highest BCUT2D eigenvalue weighted by Gasteiger charge is 2.10. The minimum absolute atomic E-state index is 0.0685. The summed E-state index contributed by atoms with van der Waals surface area (Å²) < 4.78 is 23.2. The maximum Gasteiger partial charge on any atom is 0.315 e. The fraction of sp³-hybridized carbons (Fsp3) is 0.308. The molecule has 0 aliphatic heterocycles. The van der Waals surface area contributed by atoms with Crippen LogP contribution in [0.1, 0.15) is 12.5 Å². The number of terminal acetylenes is 1. The molecular formula is C13H16N2O3S. The summed E-state index contributed by atoms with van der Waals surface area (Å²) in [7, 11) is -3.18. The highest BCUT2D eigenvalue weighted by atomic mass is 32.2. The van der Waals surface area contributed by atoms with Crippen LogP contribution in [0.2, 0.25) is 0 Å². The summed E-state index contributed by atoms with van der Waals surface area (Å²) in [5, 5.41) is 5.08. The molecule has 0 saturated heterocycles. The molecule has 0 aliphatic rings. The zero-order valence-electron chi connectivity index (χ0n) is 10.6. The first-order valence-corrected chi connectivity index (χ1v) is 7.41. The van der Waals surface area contributed by atoms with Crippen LogP contribution in [0.3, 0.4) is 0 Å². The molecule has 0 unspecified atom stereocenters. The standard InChI is InChI=1S/C13H16N2O3S/c1-3-9-14-13(16)15-10-11-5-7-12(8-6-11)19(17,18)4-2/h1,5-8H,4,9-10H2,2H3,(H2,14,15,16). The van der Waals surface area contributed by atoms with Crippen molar-refractivity contribution in [1.82, 2.24) is 10.6 Å². The van der Waals surface area contributed by atoms with Crippen LogP contribution >= 0.6 is 0 Å². The maximum absolute atomic E-state index is 11.6. The van der Waals surface area contributed by atoms with Crippen molar-refractivity contribution < 1.29 is 13.2 Å². The Hall–Kier alpha value is -2.00. The number of urea groups is 1. The number of nitrogens with one attached hydrogen (secondary N) is 2. The van der Waals surface area contributed by atoms with Crippen molar-refractivity contribution >= 4 is 15.9 Å². The van der Waals surface area contributed by atoms with Gasteiger partial charge in [0.05, 0.1) is 17.2 Å². The van der Waals surface area contributed by atoms with E-state index >= 15 is 0 Å². The third-order valence-electron chi connectivity index (χ3n) is 2.47. The highest BCUT2D eigenvalue weighted by molar-refractivity contribution is 7.91. The second kappa shape index (κ2) is 6.81. The van der Waals surface area contributed by atoms with Gasteiger partial charge in [0.2, 0.25) is 0 Å².